The second-order valence-corrected chi connectivity index (χ2v) is 5.67. The van der Waals surface area contributed by atoms with Crippen LogP contribution in [0.3, 0.4) is 0 Å². The van der Waals surface area contributed by atoms with E-state index in [1.807, 2.05) is 0 Å². The maximum absolute atomic E-state index is 11.0. The van der Waals surface area contributed by atoms with Crippen LogP contribution in [0.5, 0.6) is 0 Å². The van der Waals surface area contributed by atoms with Gasteiger partial charge >= 0.3 is 5.97 Å². The van der Waals surface area contributed by atoms with Crippen LogP contribution in [0.2, 0.25) is 0 Å². The molecule has 0 aromatic rings. The Morgan fingerprint density at radius 3 is 2.33 bits per heavy atom. The number of carbonyl (C=O) groups excluding carboxylic acids is 1. The zero-order valence-corrected chi connectivity index (χ0v) is 9.63. The van der Waals surface area contributed by atoms with E-state index in [9.17, 15) is 4.79 Å². The fraction of sp³-hybridized carbons (Fsp3) is 0.571. The maximum atomic E-state index is 11.0. The molecule has 0 radical (unpaired) electrons. The Balaban J connectivity index is 3.89. The SMILES string of the molecule is CC=C(C)C(=O)OCC(S)(S)S. The van der Waals surface area contributed by atoms with Crippen LogP contribution in [0, 0.1) is 0 Å². The van der Waals surface area contributed by atoms with Crippen LogP contribution in [0.4, 0.5) is 0 Å². The zero-order chi connectivity index (χ0) is 9.78. The highest BCUT2D eigenvalue weighted by atomic mass is 32.2. The van der Waals surface area contributed by atoms with Crippen molar-refractivity contribution in [2.24, 2.45) is 0 Å². The number of thiol groups is 3. The summed E-state index contributed by atoms with van der Waals surface area (Å²) in [5.41, 5.74) is 0.564. The zero-order valence-electron chi connectivity index (χ0n) is 6.94. The first-order chi connectivity index (χ1) is 5.37. The number of esters is 1. The largest absolute Gasteiger partial charge is 0.459 e. The molecule has 0 bridgehead atoms. The van der Waals surface area contributed by atoms with E-state index in [-0.39, 0.29) is 12.6 Å². The predicted molar refractivity (Wildman–Crippen MR) is 60.1 cm³/mol. The van der Waals surface area contributed by atoms with Crippen LogP contribution in [-0.4, -0.2) is 16.0 Å². The smallest absolute Gasteiger partial charge is 0.333 e. The van der Waals surface area contributed by atoms with Gasteiger partial charge in [-0.2, -0.15) is 0 Å². The van der Waals surface area contributed by atoms with Crippen molar-refractivity contribution >= 4 is 43.9 Å². The third-order valence-corrected chi connectivity index (χ3v) is 1.54. The van der Waals surface area contributed by atoms with E-state index in [2.05, 4.69) is 37.9 Å². The first kappa shape index (κ1) is 12.3. The highest BCUT2D eigenvalue weighted by Crippen LogP contribution is 2.24. The Morgan fingerprint density at radius 2 is 2.00 bits per heavy atom. The van der Waals surface area contributed by atoms with Gasteiger partial charge in [-0.3, -0.25) is 0 Å². The van der Waals surface area contributed by atoms with Gasteiger partial charge in [-0.25, -0.2) is 4.79 Å². The minimum Gasteiger partial charge on any atom is -0.459 e. The Bertz CT molecular complexity index is 193. The number of hydrogen-bond acceptors (Lipinski definition) is 5. The molecule has 0 aliphatic rings. The van der Waals surface area contributed by atoms with E-state index in [4.69, 9.17) is 4.74 Å². The molecule has 0 unspecified atom stereocenters. The molecule has 0 aromatic carbocycles. The summed E-state index contributed by atoms with van der Waals surface area (Å²) >= 11 is 11.9. The van der Waals surface area contributed by atoms with Crippen molar-refractivity contribution in [2.45, 2.75) is 17.3 Å². The van der Waals surface area contributed by atoms with E-state index in [0.717, 1.165) is 0 Å². The Labute approximate surface area is 89.0 Å². The summed E-state index contributed by atoms with van der Waals surface area (Å²) in [5.74, 6) is -0.362. The van der Waals surface area contributed by atoms with Crippen LogP contribution >= 0.6 is 37.9 Å². The third kappa shape index (κ3) is 5.85. The molecule has 5 heteroatoms. The van der Waals surface area contributed by atoms with E-state index < -0.39 is 3.41 Å². The highest BCUT2D eigenvalue weighted by molar-refractivity contribution is 8.17. The summed E-state index contributed by atoms with van der Waals surface area (Å²) in [4.78, 5) is 11.0. The minimum atomic E-state index is -0.871. The van der Waals surface area contributed by atoms with Gasteiger partial charge in [-0.1, -0.05) is 6.08 Å². The van der Waals surface area contributed by atoms with Crippen molar-refractivity contribution in [3.8, 4) is 0 Å². The third-order valence-electron chi connectivity index (χ3n) is 1.15. The topological polar surface area (TPSA) is 26.3 Å². The summed E-state index contributed by atoms with van der Waals surface area (Å²) < 4.78 is 3.95. The molecule has 0 N–H and O–H groups in total. The van der Waals surface area contributed by atoms with Crippen molar-refractivity contribution in [1.29, 1.82) is 0 Å². The van der Waals surface area contributed by atoms with Crippen LogP contribution < -0.4 is 0 Å². The van der Waals surface area contributed by atoms with E-state index in [1.54, 1.807) is 19.9 Å². The fourth-order valence-corrected chi connectivity index (χ4v) is 0.588. The van der Waals surface area contributed by atoms with E-state index in [1.165, 1.54) is 0 Å². The van der Waals surface area contributed by atoms with Gasteiger partial charge in [0.05, 0.1) is 0 Å². The Hall–Kier alpha value is 0.260. The minimum absolute atomic E-state index is 0.0619. The van der Waals surface area contributed by atoms with Crippen LogP contribution in [-0.2, 0) is 9.53 Å². The van der Waals surface area contributed by atoms with Gasteiger partial charge in [0.1, 0.15) is 10.0 Å². The van der Waals surface area contributed by atoms with Crippen LogP contribution in [0.1, 0.15) is 13.8 Å². The summed E-state index contributed by atoms with van der Waals surface area (Å²) in [7, 11) is 0. The molecule has 0 rings (SSSR count). The molecular weight excluding hydrogens is 212 g/mol. The molecule has 0 atom stereocenters. The molecule has 0 saturated heterocycles. The van der Waals surface area contributed by atoms with Crippen LogP contribution in [0.15, 0.2) is 11.6 Å². The summed E-state index contributed by atoms with van der Waals surface area (Å²) in [6.07, 6.45) is 1.68. The highest BCUT2D eigenvalue weighted by Gasteiger charge is 2.17. The maximum Gasteiger partial charge on any atom is 0.333 e. The predicted octanol–water partition coefficient (Wildman–Crippen LogP) is 1.94. The van der Waals surface area contributed by atoms with Gasteiger partial charge in [0.15, 0.2) is 0 Å². The lowest BCUT2D eigenvalue weighted by atomic mass is 10.3. The van der Waals surface area contributed by atoms with E-state index in [0.29, 0.717) is 5.57 Å². The molecule has 0 fully saturated rings. The average molecular weight is 224 g/mol. The number of rotatable bonds is 3. The Kier molecular flexibility index (Phi) is 5.20. The van der Waals surface area contributed by atoms with Gasteiger partial charge in [0, 0.05) is 5.57 Å². The lowest BCUT2D eigenvalue weighted by molar-refractivity contribution is -0.138. The van der Waals surface area contributed by atoms with Crippen LogP contribution in [0.25, 0.3) is 0 Å². The van der Waals surface area contributed by atoms with Crippen molar-refractivity contribution in [2.75, 3.05) is 6.61 Å². The second-order valence-electron chi connectivity index (χ2n) is 2.32. The summed E-state index contributed by atoms with van der Waals surface area (Å²) in [6, 6.07) is 0. The number of ether oxygens (including phenoxy) is 1. The summed E-state index contributed by atoms with van der Waals surface area (Å²) in [5, 5.41) is 0. The number of allylic oxidation sites excluding steroid dienone is 1. The first-order valence-corrected chi connectivity index (χ1v) is 4.68. The lowest BCUT2D eigenvalue weighted by Gasteiger charge is -2.14. The van der Waals surface area contributed by atoms with Crippen molar-refractivity contribution in [1.82, 2.24) is 0 Å². The molecule has 2 nitrogen and oxygen atoms in total. The molecule has 0 saturated carbocycles. The van der Waals surface area contributed by atoms with Gasteiger partial charge in [-0.05, 0) is 13.8 Å². The average Bonchev–Trinajstić information content (AvgIpc) is 1.97. The molecule has 70 valence electrons. The molecule has 0 aromatic heterocycles. The quantitative estimate of drug-likeness (QED) is 0.296. The number of hydrogen-bond donors (Lipinski definition) is 3. The molecule has 0 aliphatic heterocycles. The molecular formula is C7H12O2S3. The molecule has 12 heavy (non-hydrogen) atoms. The van der Waals surface area contributed by atoms with E-state index >= 15 is 0 Å². The lowest BCUT2D eigenvalue weighted by Crippen LogP contribution is -2.17. The van der Waals surface area contributed by atoms with Crippen molar-refractivity contribution < 1.29 is 9.53 Å². The van der Waals surface area contributed by atoms with Gasteiger partial charge < -0.3 is 4.74 Å². The second kappa shape index (κ2) is 5.09. The van der Waals surface area contributed by atoms with Gasteiger partial charge in [-0.15, -0.1) is 37.9 Å². The van der Waals surface area contributed by atoms with Crippen molar-refractivity contribution in [3.05, 3.63) is 11.6 Å². The van der Waals surface area contributed by atoms with Gasteiger partial charge in [0.2, 0.25) is 0 Å². The van der Waals surface area contributed by atoms with Gasteiger partial charge in [0.25, 0.3) is 0 Å². The normalized spacial score (nSPS) is 12.9. The summed E-state index contributed by atoms with van der Waals surface area (Å²) in [6.45, 7) is 3.51. The number of carbonyl (C=O) groups is 1. The molecule has 0 aliphatic carbocycles. The molecule has 0 spiro atoms. The monoisotopic (exact) mass is 224 g/mol. The molecule has 0 amide bonds. The van der Waals surface area contributed by atoms with Crippen molar-refractivity contribution in [3.63, 3.8) is 0 Å². The first-order valence-electron chi connectivity index (χ1n) is 3.34. The standard InChI is InChI=1S/C7H12O2S3/c1-3-5(2)6(8)9-4-7(10,11)12/h3,10-12H,4H2,1-2H3. The molecule has 0 heterocycles. The fourth-order valence-electron chi connectivity index (χ4n) is 0.394. The Morgan fingerprint density at radius 1 is 1.50 bits per heavy atom.